The quantitative estimate of drug-likeness (QED) is 0.608. The second-order valence-corrected chi connectivity index (χ2v) is 6.26. The summed E-state index contributed by atoms with van der Waals surface area (Å²) in [5.41, 5.74) is -0.325. The van der Waals surface area contributed by atoms with Gasteiger partial charge in [0.25, 0.3) is 0 Å². The molecule has 0 aromatic heterocycles. The van der Waals surface area contributed by atoms with Gasteiger partial charge in [0.05, 0.1) is 6.42 Å². The summed E-state index contributed by atoms with van der Waals surface area (Å²) in [5, 5.41) is 8.20. The van der Waals surface area contributed by atoms with Crippen LogP contribution in [0.15, 0.2) is 0 Å². The lowest BCUT2D eigenvalue weighted by atomic mass is 9.74. The van der Waals surface area contributed by atoms with Crippen LogP contribution in [0.3, 0.4) is 0 Å². The smallest absolute Gasteiger partial charge is 0.306 e. The van der Waals surface area contributed by atoms with Crippen LogP contribution < -0.4 is 10.5 Å². The number of esters is 1. The van der Waals surface area contributed by atoms with Gasteiger partial charge in [0.1, 0.15) is 11.9 Å². The first-order chi connectivity index (χ1) is 7.41. The van der Waals surface area contributed by atoms with Gasteiger partial charge in [-0.25, -0.2) is 13.6 Å². The summed E-state index contributed by atoms with van der Waals surface area (Å²) < 4.78 is 27.3. The number of sulfonamides is 1. The van der Waals surface area contributed by atoms with Crippen molar-refractivity contribution in [2.45, 2.75) is 25.4 Å². The summed E-state index contributed by atoms with van der Waals surface area (Å²) in [6, 6.07) is 0. The zero-order valence-electron chi connectivity index (χ0n) is 8.94. The lowest BCUT2D eigenvalue weighted by molar-refractivity contribution is -0.141. The fourth-order valence-electron chi connectivity index (χ4n) is 2.57. The molecule has 2 fully saturated rings. The van der Waals surface area contributed by atoms with E-state index in [4.69, 9.17) is 9.88 Å². The number of ether oxygens (including phenoxy) is 1. The summed E-state index contributed by atoms with van der Waals surface area (Å²) in [4.78, 5) is 11.3. The van der Waals surface area contributed by atoms with Gasteiger partial charge in [-0.15, -0.1) is 0 Å². The largest absolute Gasteiger partial charge is 0.461 e. The molecule has 6 nitrogen and oxygen atoms in total. The van der Waals surface area contributed by atoms with Crippen LogP contribution in [-0.4, -0.2) is 39.3 Å². The van der Waals surface area contributed by atoms with Gasteiger partial charge in [-0.1, -0.05) is 0 Å². The van der Waals surface area contributed by atoms with Crippen LogP contribution in [0.25, 0.3) is 0 Å². The summed E-state index contributed by atoms with van der Waals surface area (Å²) in [7, 11) is -3.60. The maximum atomic E-state index is 11.3. The number of nitrogens with two attached hydrogens (primary N) is 1. The maximum Gasteiger partial charge on any atom is 0.306 e. The van der Waals surface area contributed by atoms with Crippen molar-refractivity contribution in [2.24, 2.45) is 10.6 Å². The van der Waals surface area contributed by atoms with Crippen molar-refractivity contribution < 1.29 is 17.9 Å². The molecule has 0 aliphatic carbocycles. The minimum atomic E-state index is -3.60. The molecule has 16 heavy (non-hydrogen) atoms. The molecule has 3 N–H and O–H groups in total. The van der Waals surface area contributed by atoms with Gasteiger partial charge in [-0.2, -0.15) is 0 Å². The molecular formula is C9H16N2O4S. The fraction of sp³-hybridized carbons (Fsp3) is 0.889. The molecule has 0 aromatic carbocycles. The Bertz CT molecular complexity index is 386. The Kier molecular flexibility index (Phi) is 2.93. The zero-order valence-corrected chi connectivity index (χ0v) is 9.76. The molecule has 0 aromatic rings. The molecule has 0 bridgehead atoms. The first-order valence-electron chi connectivity index (χ1n) is 5.32. The van der Waals surface area contributed by atoms with E-state index in [1.807, 2.05) is 0 Å². The van der Waals surface area contributed by atoms with Crippen molar-refractivity contribution in [3.8, 4) is 0 Å². The molecule has 0 saturated carbocycles. The normalized spacial score (nSPS) is 29.3. The molecule has 1 unspecified atom stereocenters. The number of hydrogen-bond donors (Lipinski definition) is 2. The predicted molar refractivity (Wildman–Crippen MR) is 57.0 cm³/mol. The number of cyclic esters (lactones) is 1. The summed E-state index contributed by atoms with van der Waals surface area (Å²) >= 11 is 0. The van der Waals surface area contributed by atoms with Gasteiger partial charge in [-0.05, 0) is 25.9 Å². The van der Waals surface area contributed by atoms with Gasteiger partial charge in [0.2, 0.25) is 10.0 Å². The molecule has 2 aliphatic heterocycles. The van der Waals surface area contributed by atoms with Gasteiger partial charge in [0.15, 0.2) is 0 Å². The SMILES string of the molecule is NS(=O)(=O)CC1OC(=O)CC12CCNCC2. The number of carbonyl (C=O) groups excluding carboxylic acids is 1. The van der Waals surface area contributed by atoms with Crippen molar-refractivity contribution in [3.05, 3.63) is 0 Å². The molecular weight excluding hydrogens is 232 g/mol. The summed E-state index contributed by atoms with van der Waals surface area (Å²) in [5.74, 6) is -0.575. The van der Waals surface area contributed by atoms with Crippen molar-refractivity contribution in [1.82, 2.24) is 5.32 Å². The minimum absolute atomic E-state index is 0.265. The van der Waals surface area contributed by atoms with Crippen LogP contribution in [0, 0.1) is 5.41 Å². The van der Waals surface area contributed by atoms with Crippen LogP contribution in [0.4, 0.5) is 0 Å². The first kappa shape index (κ1) is 11.8. The van der Waals surface area contributed by atoms with E-state index >= 15 is 0 Å². The van der Waals surface area contributed by atoms with Crippen molar-refractivity contribution in [1.29, 1.82) is 0 Å². The van der Waals surface area contributed by atoms with E-state index in [0.29, 0.717) is 6.42 Å². The van der Waals surface area contributed by atoms with Crippen LogP contribution in [0.5, 0.6) is 0 Å². The Labute approximate surface area is 94.6 Å². The van der Waals surface area contributed by atoms with Crippen molar-refractivity contribution >= 4 is 16.0 Å². The van der Waals surface area contributed by atoms with E-state index in [1.54, 1.807) is 0 Å². The highest BCUT2D eigenvalue weighted by molar-refractivity contribution is 7.89. The van der Waals surface area contributed by atoms with Crippen LogP contribution >= 0.6 is 0 Å². The third kappa shape index (κ3) is 2.36. The topological polar surface area (TPSA) is 98.5 Å². The average Bonchev–Trinajstić information content (AvgIpc) is 2.41. The van der Waals surface area contributed by atoms with Crippen molar-refractivity contribution in [2.75, 3.05) is 18.8 Å². The number of hydrogen-bond acceptors (Lipinski definition) is 5. The zero-order chi connectivity index (χ0) is 11.8. The fourth-order valence-corrected chi connectivity index (χ4v) is 3.42. The van der Waals surface area contributed by atoms with E-state index in [1.165, 1.54) is 0 Å². The monoisotopic (exact) mass is 248 g/mol. The van der Waals surface area contributed by atoms with E-state index in [0.717, 1.165) is 25.9 Å². The molecule has 2 aliphatic rings. The number of carbonyl (C=O) groups is 1. The number of rotatable bonds is 2. The molecule has 2 saturated heterocycles. The van der Waals surface area contributed by atoms with Gasteiger partial charge < -0.3 is 10.1 Å². The molecule has 0 radical (unpaired) electrons. The van der Waals surface area contributed by atoms with Crippen molar-refractivity contribution in [3.63, 3.8) is 0 Å². The van der Waals surface area contributed by atoms with Crippen LogP contribution in [-0.2, 0) is 19.6 Å². The van der Waals surface area contributed by atoms with Crippen LogP contribution in [0.1, 0.15) is 19.3 Å². The first-order valence-corrected chi connectivity index (χ1v) is 7.04. The third-order valence-corrected chi connectivity index (χ3v) is 4.20. The lowest BCUT2D eigenvalue weighted by Crippen LogP contribution is -2.45. The molecule has 1 atom stereocenters. The molecule has 0 amide bonds. The molecule has 92 valence electrons. The van der Waals surface area contributed by atoms with E-state index in [2.05, 4.69) is 5.32 Å². The Morgan fingerprint density at radius 2 is 2.06 bits per heavy atom. The van der Waals surface area contributed by atoms with E-state index in [9.17, 15) is 13.2 Å². The minimum Gasteiger partial charge on any atom is -0.461 e. The molecule has 7 heteroatoms. The number of nitrogens with one attached hydrogen (secondary N) is 1. The highest BCUT2D eigenvalue weighted by atomic mass is 32.2. The maximum absolute atomic E-state index is 11.3. The lowest BCUT2D eigenvalue weighted by Gasteiger charge is -2.36. The molecule has 1 spiro atoms. The number of primary sulfonamides is 1. The van der Waals surface area contributed by atoms with Gasteiger partial charge >= 0.3 is 5.97 Å². The molecule has 2 rings (SSSR count). The average molecular weight is 248 g/mol. The van der Waals surface area contributed by atoms with Gasteiger partial charge in [-0.3, -0.25) is 4.79 Å². The Morgan fingerprint density at radius 1 is 1.44 bits per heavy atom. The predicted octanol–water partition coefficient (Wildman–Crippen LogP) is -1.04. The summed E-state index contributed by atoms with van der Waals surface area (Å²) in [6.07, 6.45) is 1.27. The highest BCUT2D eigenvalue weighted by Crippen LogP contribution is 2.43. The highest BCUT2D eigenvalue weighted by Gasteiger charge is 2.50. The third-order valence-electron chi connectivity index (χ3n) is 3.44. The Hall–Kier alpha value is -0.660. The van der Waals surface area contributed by atoms with E-state index < -0.39 is 16.1 Å². The van der Waals surface area contributed by atoms with Gasteiger partial charge in [0, 0.05) is 5.41 Å². The number of piperidine rings is 1. The Morgan fingerprint density at radius 3 is 2.62 bits per heavy atom. The second kappa shape index (κ2) is 3.97. The summed E-state index contributed by atoms with van der Waals surface area (Å²) in [6.45, 7) is 1.58. The van der Waals surface area contributed by atoms with Crippen LogP contribution in [0.2, 0.25) is 0 Å². The molecule has 2 heterocycles. The second-order valence-electron chi connectivity index (χ2n) is 4.60. The Balaban J connectivity index is 2.18. The standard InChI is InChI=1S/C9H16N2O4S/c10-16(13,14)6-7-9(5-8(12)15-7)1-3-11-4-2-9/h7,11H,1-6H2,(H2,10,13,14). The van der Waals surface area contributed by atoms with E-state index in [-0.39, 0.29) is 17.1 Å².